The Morgan fingerprint density at radius 3 is 2.67 bits per heavy atom. The van der Waals surface area contributed by atoms with Gasteiger partial charge in [0.2, 0.25) is 0 Å². The molecule has 0 spiro atoms. The van der Waals surface area contributed by atoms with Crippen molar-refractivity contribution < 1.29 is 22.6 Å². The van der Waals surface area contributed by atoms with Gasteiger partial charge in [0.25, 0.3) is 0 Å². The first kappa shape index (κ1) is 15.7. The van der Waals surface area contributed by atoms with Crippen molar-refractivity contribution in [3.8, 4) is 0 Å². The van der Waals surface area contributed by atoms with Crippen LogP contribution in [0, 0.1) is 0 Å². The zero-order valence-electron chi connectivity index (χ0n) is 10.9. The number of rotatable bonds is 6. The van der Waals surface area contributed by atoms with Crippen molar-refractivity contribution in [2.45, 2.75) is 57.0 Å². The molecule has 1 fully saturated rings. The zero-order chi connectivity index (χ0) is 13.6. The van der Waals surface area contributed by atoms with Gasteiger partial charge in [-0.1, -0.05) is 0 Å². The molecule has 3 atom stereocenters. The fourth-order valence-electron chi connectivity index (χ4n) is 2.36. The summed E-state index contributed by atoms with van der Waals surface area (Å²) in [6.07, 6.45) is -1.27. The van der Waals surface area contributed by atoms with Gasteiger partial charge in [-0.05, 0) is 32.6 Å². The maximum Gasteiger partial charge on any atom is 0.411 e. The topological polar surface area (TPSA) is 30.5 Å². The molecule has 1 aliphatic carbocycles. The molecule has 0 aromatic heterocycles. The number of hydrogen-bond donors (Lipinski definition) is 1. The van der Waals surface area contributed by atoms with E-state index in [1.807, 2.05) is 6.92 Å². The number of halogens is 3. The summed E-state index contributed by atoms with van der Waals surface area (Å²) in [5.74, 6) is 0. The standard InChI is InChI=1S/C12H22F3NO2/c1-9(7-17-2)16-10-4-3-5-11(6-10)18-8-12(13,14)15/h9-11,16H,3-8H2,1-2H3. The predicted molar refractivity (Wildman–Crippen MR) is 62.5 cm³/mol. The number of alkyl halides is 3. The first-order valence-electron chi connectivity index (χ1n) is 6.34. The van der Waals surface area contributed by atoms with E-state index in [4.69, 9.17) is 9.47 Å². The van der Waals surface area contributed by atoms with E-state index >= 15 is 0 Å². The molecule has 18 heavy (non-hydrogen) atoms. The molecule has 1 aliphatic rings. The number of ether oxygens (including phenoxy) is 2. The van der Waals surface area contributed by atoms with E-state index in [2.05, 4.69) is 5.32 Å². The summed E-state index contributed by atoms with van der Waals surface area (Å²) in [5.41, 5.74) is 0. The van der Waals surface area contributed by atoms with Crippen molar-refractivity contribution >= 4 is 0 Å². The lowest BCUT2D eigenvalue weighted by Gasteiger charge is -2.32. The summed E-state index contributed by atoms with van der Waals surface area (Å²) in [6.45, 7) is 1.46. The summed E-state index contributed by atoms with van der Waals surface area (Å²) in [5, 5.41) is 3.36. The molecule has 0 saturated heterocycles. The van der Waals surface area contributed by atoms with Crippen LogP contribution in [0.2, 0.25) is 0 Å². The molecule has 6 heteroatoms. The Morgan fingerprint density at radius 1 is 1.33 bits per heavy atom. The van der Waals surface area contributed by atoms with Crippen LogP contribution in [-0.4, -0.2) is 44.7 Å². The average molecular weight is 269 g/mol. The molecule has 3 unspecified atom stereocenters. The maximum absolute atomic E-state index is 12.1. The van der Waals surface area contributed by atoms with Crippen molar-refractivity contribution in [3.05, 3.63) is 0 Å². The quantitative estimate of drug-likeness (QED) is 0.803. The monoisotopic (exact) mass is 269 g/mol. The molecule has 0 aliphatic heterocycles. The Kier molecular flexibility index (Phi) is 6.38. The van der Waals surface area contributed by atoms with Crippen LogP contribution in [0.4, 0.5) is 13.2 Å². The van der Waals surface area contributed by atoms with Crippen LogP contribution in [0.5, 0.6) is 0 Å². The van der Waals surface area contributed by atoms with Gasteiger partial charge >= 0.3 is 6.18 Å². The van der Waals surface area contributed by atoms with Gasteiger partial charge < -0.3 is 14.8 Å². The second kappa shape index (κ2) is 7.31. The lowest BCUT2D eigenvalue weighted by molar-refractivity contribution is -0.188. The summed E-state index contributed by atoms with van der Waals surface area (Å²) >= 11 is 0. The largest absolute Gasteiger partial charge is 0.411 e. The van der Waals surface area contributed by atoms with E-state index in [9.17, 15) is 13.2 Å². The van der Waals surface area contributed by atoms with Gasteiger partial charge in [-0.25, -0.2) is 0 Å². The van der Waals surface area contributed by atoms with Crippen molar-refractivity contribution in [1.82, 2.24) is 5.32 Å². The van der Waals surface area contributed by atoms with Crippen LogP contribution in [-0.2, 0) is 9.47 Å². The van der Waals surface area contributed by atoms with Crippen LogP contribution < -0.4 is 5.32 Å². The second-order valence-electron chi connectivity index (χ2n) is 4.93. The molecule has 0 bridgehead atoms. The Balaban J connectivity index is 2.27. The number of methoxy groups -OCH3 is 1. The predicted octanol–water partition coefficient (Wildman–Crippen LogP) is 2.50. The number of nitrogens with one attached hydrogen (secondary N) is 1. The third-order valence-electron chi connectivity index (χ3n) is 3.05. The highest BCUT2D eigenvalue weighted by atomic mass is 19.4. The van der Waals surface area contributed by atoms with E-state index in [0.717, 1.165) is 12.8 Å². The van der Waals surface area contributed by atoms with E-state index in [-0.39, 0.29) is 18.2 Å². The molecule has 1 N–H and O–H groups in total. The third kappa shape index (κ3) is 6.56. The molecule has 1 rings (SSSR count). The van der Waals surface area contributed by atoms with Gasteiger partial charge in [0.05, 0.1) is 12.7 Å². The van der Waals surface area contributed by atoms with Gasteiger partial charge in [0.1, 0.15) is 6.61 Å². The first-order valence-corrected chi connectivity index (χ1v) is 6.34. The van der Waals surface area contributed by atoms with Gasteiger partial charge in [-0.15, -0.1) is 0 Å². The molecule has 1 saturated carbocycles. The summed E-state index contributed by atoms with van der Waals surface area (Å²) < 4.78 is 46.1. The molecule has 0 amide bonds. The van der Waals surface area contributed by atoms with Gasteiger partial charge in [0, 0.05) is 19.2 Å². The first-order chi connectivity index (χ1) is 8.40. The average Bonchev–Trinajstić information content (AvgIpc) is 2.26. The molecular formula is C12H22F3NO2. The molecule has 0 aromatic rings. The maximum atomic E-state index is 12.1. The minimum atomic E-state index is -4.23. The molecule has 3 nitrogen and oxygen atoms in total. The Hall–Kier alpha value is -0.330. The second-order valence-corrected chi connectivity index (χ2v) is 4.93. The minimum absolute atomic E-state index is 0.210. The van der Waals surface area contributed by atoms with Crippen LogP contribution in [0.3, 0.4) is 0 Å². The SMILES string of the molecule is COCC(C)NC1CCCC(OCC(F)(F)F)C1. The molecule has 0 radical (unpaired) electrons. The smallest absolute Gasteiger partial charge is 0.383 e. The van der Waals surface area contributed by atoms with Crippen LogP contribution in [0.25, 0.3) is 0 Å². The van der Waals surface area contributed by atoms with Gasteiger partial charge in [0.15, 0.2) is 0 Å². The highest BCUT2D eigenvalue weighted by molar-refractivity contribution is 4.80. The van der Waals surface area contributed by atoms with Crippen molar-refractivity contribution in [1.29, 1.82) is 0 Å². The van der Waals surface area contributed by atoms with E-state index in [1.54, 1.807) is 7.11 Å². The normalized spacial score (nSPS) is 27.2. The highest BCUT2D eigenvalue weighted by Gasteiger charge is 2.31. The lowest BCUT2D eigenvalue weighted by atomic mass is 9.92. The van der Waals surface area contributed by atoms with Crippen LogP contribution >= 0.6 is 0 Å². The third-order valence-corrected chi connectivity index (χ3v) is 3.05. The van der Waals surface area contributed by atoms with Crippen LogP contribution in [0.1, 0.15) is 32.6 Å². The highest BCUT2D eigenvalue weighted by Crippen LogP contribution is 2.24. The van der Waals surface area contributed by atoms with E-state index < -0.39 is 12.8 Å². The fraction of sp³-hybridized carbons (Fsp3) is 1.00. The van der Waals surface area contributed by atoms with Crippen LogP contribution in [0.15, 0.2) is 0 Å². The Bertz CT molecular complexity index is 236. The van der Waals surface area contributed by atoms with Crippen molar-refractivity contribution in [2.75, 3.05) is 20.3 Å². The van der Waals surface area contributed by atoms with Gasteiger partial charge in [-0.3, -0.25) is 0 Å². The fourth-order valence-corrected chi connectivity index (χ4v) is 2.36. The Labute approximate surface area is 106 Å². The summed E-state index contributed by atoms with van der Waals surface area (Å²) in [4.78, 5) is 0. The molecule has 0 aromatic carbocycles. The van der Waals surface area contributed by atoms with Crippen molar-refractivity contribution in [3.63, 3.8) is 0 Å². The summed E-state index contributed by atoms with van der Waals surface area (Å²) in [6, 6.07) is 0.434. The summed E-state index contributed by atoms with van der Waals surface area (Å²) in [7, 11) is 1.63. The minimum Gasteiger partial charge on any atom is -0.383 e. The molecule has 0 heterocycles. The number of hydrogen-bond acceptors (Lipinski definition) is 3. The molecular weight excluding hydrogens is 247 g/mol. The van der Waals surface area contributed by atoms with Gasteiger partial charge in [-0.2, -0.15) is 13.2 Å². The molecule has 108 valence electrons. The van der Waals surface area contributed by atoms with E-state index in [0.29, 0.717) is 19.4 Å². The Morgan fingerprint density at radius 2 is 2.06 bits per heavy atom. The zero-order valence-corrected chi connectivity index (χ0v) is 10.9. The van der Waals surface area contributed by atoms with E-state index in [1.165, 1.54) is 0 Å². The lowest BCUT2D eigenvalue weighted by Crippen LogP contribution is -2.43. The van der Waals surface area contributed by atoms with Crippen molar-refractivity contribution in [2.24, 2.45) is 0 Å².